The minimum Gasteiger partial charge on any atom is -0.494 e. The molecular weight excluding hydrogens is 403 g/mol. The molecule has 0 aliphatic rings. The highest BCUT2D eigenvalue weighted by Gasteiger charge is 2.21. The molecule has 0 bridgehead atoms. The van der Waals surface area contributed by atoms with Crippen LogP contribution in [-0.4, -0.2) is 46.8 Å². The fourth-order valence-corrected chi connectivity index (χ4v) is 3.54. The van der Waals surface area contributed by atoms with E-state index in [9.17, 15) is 12.8 Å². The lowest BCUT2D eigenvalue weighted by molar-refractivity contribution is 0.356. The van der Waals surface area contributed by atoms with Crippen molar-refractivity contribution in [1.29, 1.82) is 0 Å². The van der Waals surface area contributed by atoms with E-state index < -0.39 is 20.7 Å². The second-order valence-corrected chi connectivity index (χ2v) is 7.62. The number of nitrogens with one attached hydrogen (secondary N) is 2. The van der Waals surface area contributed by atoms with Crippen molar-refractivity contribution < 1.29 is 27.0 Å². The predicted molar refractivity (Wildman–Crippen MR) is 105 cm³/mol. The maximum Gasteiger partial charge on any atom is 0.243 e. The Morgan fingerprint density at radius 1 is 0.931 bits per heavy atom. The first kappa shape index (κ1) is 20.6. The average Bonchev–Trinajstić information content (AvgIpc) is 2.73. The van der Waals surface area contributed by atoms with E-state index in [2.05, 4.69) is 20.0 Å². The normalized spacial score (nSPS) is 11.3. The fraction of sp³-hybridized carbons (Fsp3) is 0.222. The Hall–Kier alpha value is -3.18. The first-order chi connectivity index (χ1) is 13.8. The number of sulfonamides is 1. The zero-order chi connectivity index (χ0) is 21.2. The first-order valence-corrected chi connectivity index (χ1v) is 9.77. The van der Waals surface area contributed by atoms with Crippen molar-refractivity contribution in [2.75, 3.05) is 33.7 Å². The molecule has 2 N–H and O–H groups in total. The zero-order valence-corrected chi connectivity index (χ0v) is 16.9. The summed E-state index contributed by atoms with van der Waals surface area (Å²) in [5.74, 6) is 0.452. The molecule has 0 atom stereocenters. The Labute approximate surface area is 166 Å². The summed E-state index contributed by atoms with van der Waals surface area (Å²) in [6.07, 6.45) is 1.33. The fourth-order valence-electron chi connectivity index (χ4n) is 2.73. The molecule has 0 saturated carbocycles. The van der Waals surface area contributed by atoms with E-state index in [1.165, 1.54) is 34.7 Å². The van der Waals surface area contributed by atoms with Crippen LogP contribution in [-0.2, 0) is 10.0 Å². The quantitative estimate of drug-likeness (QED) is 0.597. The Balaban J connectivity index is 2.17. The van der Waals surface area contributed by atoms with Crippen LogP contribution in [0.5, 0.6) is 17.2 Å². The number of hydrogen-bond donors (Lipinski definition) is 2. The third-order valence-electron chi connectivity index (χ3n) is 4.21. The molecular formula is C18H19FN4O5S. The van der Waals surface area contributed by atoms with Gasteiger partial charge in [0.05, 0.1) is 32.5 Å². The molecule has 2 aromatic carbocycles. The minimum atomic E-state index is -4.02. The van der Waals surface area contributed by atoms with Gasteiger partial charge >= 0.3 is 0 Å². The molecule has 0 aliphatic carbocycles. The van der Waals surface area contributed by atoms with Gasteiger partial charge in [0.1, 0.15) is 28.6 Å². The molecule has 0 spiro atoms. The van der Waals surface area contributed by atoms with Crippen LogP contribution < -0.4 is 24.2 Å². The third kappa shape index (κ3) is 3.87. The maximum absolute atomic E-state index is 14.3. The summed E-state index contributed by atoms with van der Waals surface area (Å²) < 4.78 is 56.4. The molecule has 0 unspecified atom stereocenters. The molecule has 29 heavy (non-hydrogen) atoms. The van der Waals surface area contributed by atoms with E-state index in [-0.39, 0.29) is 11.4 Å². The van der Waals surface area contributed by atoms with Crippen LogP contribution in [0.25, 0.3) is 10.9 Å². The average molecular weight is 422 g/mol. The van der Waals surface area contributed by atoms with Crippen molar-refractivity contribution >= 4 is 32.4 Å². The number of benzene rings is 2. The van der Waals surface area contributed by atoms with Gasteiger partial charge in [-0.05, 0) is 19.2 Å². The van der Waals surface area contributed by atoms with E-state index in [1.54, 1.807) is 12.1 Å². The highest BCUT2D eigenvalue weighted by molar-refractivity contribution is 7.89. The predicted octanol–water partition coefficient (Wildman–Crippen LogP) is 2.45. The Kier molecular flexibility index (Phi) is 5.71. The van der Waals surface area contributed by atoms with Crippen molar-refractivity contribution in [1.82, 2.24) is 14.7 Å². The summed E-state index contributed by atoms with van der Waals surface area (Å²) in [6.45, 7) is 0. The van der Waals surface area contributed by atoms with Crippen LogP contribution in [0.1, 0.15) is 0 Å². The summed E-state index contributed by atoms with van der Waals surface area (Å²) in [6, 6.07) is 5.48. The molecule has 3 aromatic rings. The standard InChI is InChI=1S/C18H19FN4O5S/c1-20-29(24,25)17-8-13(14(26-2)6-11(17)19)23-18-10-5-15(27-3)16(28-4)7-12(10)21-9-22-18/h5-9,20H,1-4H3,(H,21,22,23). The van der Waals surface area contributed by atoms with Gasteiger partial charge in [-0.1, -0.05) is 0 Å². The van der Waals surface area contributed by atoms with Crippen molar-refractivity contribution in [3.63, 3.8) is 0 Å². The third-order valence-corrected chi connectivity index (χ3v) is 5.64. The van der Waals surface area contributed by atoms with Crippen LogP contribution in [0.4, 0.5) is 15.9 Å². The van der Waals surface area contributed by atoms with Crippen molar-refractivity contribution in [2.45, 2.75) is 4.90 Å². The monoisotopic (exact) mass is 422 g/mol. The summed E-state index contributed by atoms with van der Waals surface area (Å²) in [7, 11) is 1.53. The molecule has 3 rings (SSSR count). The van der Waals surface area contributed by atoms with Gasteiger partial charge in [0, 0.05) is 17.5 Å². The number of nitrogens with zero attached hydrogens (tertiary/aromatic N) is 2. The molecule has 0 radical (unpaired) electrons. The van der Waals surface area contributed by atoms with E-state index in [0.717, 1.165) is 12.1 Å². The van der Waals surface area contributed by atoms with E-state index >= 15 is 0 Å². The van der Waals surface area contributed by atoms with Crippen molar-refractivity contribution in [3.8, 4) is 17.2 Å². The van der Waals surface area contributed by atoms with E-state index in [0.29, 0.717) is 28.2 Å². The van der Waals surface area contributed by atoms with Gasteiger partial charge in [-0.15, -0.1) is 0 Å². The van der Waals surface area contributed by atoms with Gasteiger partial charge in [-0.3, -0.25) is 0 Å². The summed E-state index contributed by atoms with van der Waals surface area (Å²) in [5, 5.41) is 3.57. The SMILES string of the molecule is CNS(=O)(=O)c1cc(Nc2ncnc3cc(OC)c(OC)cc23)c(OC)cc1F. The summed E-state index contributed by atoms with van der Waals surface area (Å²) >= 11 is 0. The smallest absolute Gasteiger partial charge is 0.243 e. The summed E-state index contributed by atoms with van der Waals surface area (Å²) in [4.78, 5) is 7.89. The lowest BCUT2D eigenvalue weighted by Gasteiger charge is -2.15. The van der Waals surface area contributed by atoms with Gasteiger partial charge in [0.2, 0.25) is 10.0 Å². The molecule has 154 valence electrons. The number of anilines is 2. The highest BCUT2D eigenvalue weighted by Crippen LogP contribution is 2.37. The van der Waals surface area contributed by atoms with Crippen LogP contribution in [0, 0.1) is 5.82 Å². The molecule has 0 fully saturated rings. The Bertz CT molecular complexity index is 1170. The molecule has 11 heteroatoms. The zero-order valence-electron chi connectivity index (χ0n) is 16.1. The molecule has 1 heterocycles. The van der Waals surface area contributed by atoms with Crippen LogP contribution >= 0.6 is 0 Å². The number of hydrogen-bond acceptors (Lipinski definition) is 8. The van der Waals surface area contributed by atoms with Crippen molar-refractivity contribution in [2.24, 2.45) is 0 Å². The maximum atomic E-state index is 14.3. The van der Waals surface area contributed by atoms with Gasteiger partial charge in [0.25, 0.3) is 0 Å². The van der Waals surface area contributed by atoms with Gasteiger partial charge in [-0.2, -0.15) is 0 Å². The number of ether oxygens (including phenoxy) is 3. The Morgan fingerprint density at radius 3 is 2.21 bits per heavy atom. The molecule has 0 amide bonds. The van der Waals surface area contributed by atoms with Crippen LogP contribution in [0.15, 0.2) is 35.5 Å². The molecule has 1 aromatic heterocycles. The number of rotatable bonds is 7. The van der Waals surface area contributed by atoms with Crippen molar-refractivity contribution in [3.05, 3.63) is 36.4 Å². The highest BCUT2D eigenvalue weighted by atomic mass is 32.2. The number of aromatic nitrogens is 2. The van der Waals surface area contributed by atoms with Gasteiger partial charge in [0.15, 0.2) is 11.5 Å². The number of fused-ring (bicyclic) bond motifs is 1. The van der Waals surface area contributed by atoms with Crippen LogP contribution in [0.3, 0.4) is 0 Å². The largest absolute Gasteiger partial charge is 0.494 e. The minimum absolute atomic E-state index is 0.102. The lowest BCUT2D eigenvalue weighted by atomic mass is 10.2. The lowest BCUT2D eigenvalue weighted by Crippen LogP contribution is -2.20. The van der Waals surface area contributed by atoms with Gasteiger partial charge in [-0.25, -0.2) is 27.5 Å². The number of methoxy groups -OCH3 is 3. The molecule has 0 aliphatic heterocycles. The Morgan fingerprint density at radius 2 is 1.59 bits per heavy atom. The topological polar surface area (TPSA) is 112 Å². The van der Waals surface area contributed by atoms with Crippen LogP contribution in [0.2, 0.25) is 0 Å². The second kappa shape index (κ2) is 8.05. The molecule has 0 saturated heterocycles. The van der Waals surface area contributed by atoms with Gasteiger partial charge < -0.3 is 19.5 Å². The first-order valence-electron chi connectivity index (χ1n) is 8.29. The molecule has 9 nitrogen and oxygen atoms in total. The van der Waals surface area contributed by atoms with E-state index in [4.69, 9.17) is 14.2 Å². The summed E-state index contributed by atoms with van der Waals surface area (Å²) in [5.41, 5.74) is 0.766. The number of halogens is 1. The van der Waals surface area contributed by atoms with E-state index in [1.807, 2.05) is 0 Å². The second-order valence-electron chi connectivity index (χ2n) is 5.76.